The number of rotatable bonds is 6. The summed E-state index contributed by atoms with van der Waals surface area (Å²) in [7, 11) is 0. The minimum atomic E-state index is -0.185. The molecule has 0 atom stereocenters. The molecule has 0 fully saturated rings. The van der Waals surface area contributed by atoms with Crippen molar-refractivity contribution in [1.29, 1.82) is 0 Å². The summed E-state index contributed by atoms with van der Waals surface area (Å²) in [6.07, 6.45) is 0. The monoisotopic (exact) mass is 996 g/mol. The van der Waals surface area contributed by atoms with Gasteiger partial charge in [-0.3, -0.25) is 0 Å². The lowest BCUT2D eigenvalue weighted by molar-refractivity contribution is 0.632. The summed E-state index contributed by atoms with van der Waals surface area (Å²) in [6.45, 7) is 9.46. The van der Waals surface area contributed by atoms with Crippen LogP contribution in [0.25, 0.3) is 87.6 Å². The average Bonchev–Trinajstić information content (AvgIpc) is 3.62. The Labute approximate surface area is 456 Å². The molecule has 0 spiro atoms. The third-order valence-electron chi connectivity index (χ3n) is 17.4. The lowest BCUT2D eigenvalue weighted by Gasteiger charge is -2.42. The van der Waals surface area contributed by atoms with Crippen LogP contribution in [0.3, 0.4) is 0 Å². The molecule has 2 aliphatic rings. The molecule has 0 aromatic heterocycles. The van der Waals surface area contributed by atoms with E-state index in [1.807, 2.05) is 0 Å². The zero-order valence-corrected chi connectivity index (χ0v) is 44.3. The Balaban J connectivity index is 1.06. The molecule has 2 nitrogen and oxygen atoms in total. The Hall–Kier alpha value is -9.50. The Bertz CT molecular complexity index is 4190. The molecule has 0 N–H and O–H groups in total. The molecule has 13 aromatic carbocycles. The second-order valence-electron chi connectivity index (χ2n) is 22.4. The molecular formula is C76H56N2. The van der Waals surface area contributed by atoms with E-state index < -0.39 is 0 Å². The van der Waals surface area contributed by atoms with E-state index >= 15 is 0 Å². The highest BCUT2D eigenvalue weighted by atomic mass is 15.2. The van der Waals surface area contributed by atoms with Crippen LogP contribution in [0.2, 0.25) is 0 Å². The fourth-order valence-corrected chi connectivity index (χ4v) is 13.6. The zero-order valence-electron chi connectivity index (χ0n) is 44.3. The first-order valence-corrected chi connectivity index (χ1v) is 27.4. The smallest absolute Gasteiger partial charge is 0.0502 e. The lowest BCUT2D eigenvalue weighted by Crippen LogP contribution is -2.30. The van der Waals surface area contributed by atoms with Crippen LogP contribution in [-0.2, 0) is 10.8 Å². The number of para-hydroxylation sites is 4. The van der Waals surface area contributed by atoms with Gasteiger partial charge in [0.25, 0.3) is 0 Å². The van der Waals surface area contributed by atoms with Gasteiger partial charge in [-0.2, -0.15) is 0 Å². The standard InChI is InChI=1S/C76H56N2/c1-75(2)65-33-9-13-37-69(65)77(70-38-14-10-34-66(70)75)55-41-43-61-63(47-55)73(53-27-17-25-51(45-53)59-31-19-23-49-21-5-7-29-57(49)59)62-44-42-56(78-71-39-15-11-35-67(71)76(3,4)68-36-12-16-40-72(68)78)48-64(62)74(61)54-28-18-26-52(46-54)60-32-20-24-50-22-6-8-30-58(50)60/h5-48H,1-4H3. The van der Waals surface area contributed by atoms with Crippen LogP contribution in [0.4, 0.5) is 34.1 Å². The van der Waals surface area contributed by atoms with Crippen molar-refractivity contribution in [3.05, 3.63) is 289 Å². The van der Waals surface area contributed by atoms with Gasteiger partial charge in [-0.25, -0.2) is 0 Å². The fourth-order valence-electron chi connectivity index (χ4n) is 13.6. The third kappa shape index (κ3) is 6.96. The summed E-state index contributed by atoms with van der Waals surface area (Å²) in [6, 6.07) is 100. The molecule has 2 heteroatoms. The Morgan fingerprint density at radius 1 is 0.244 bits per heavy atom. The first-order chi connectivity index (χ1) is 38.2. The molecular weight excluding hydrogens is 941 g/mol. The van der Waals surface area contributed by atoms with Gasteiger partial charge in [-0.05, 0) is 171 Å². The summed E-state index contributed by atoms with van der Waals surface area (Å²) in [5.74, 6) is 0. The normalized spacial score (nSPS) is 14.1. The maximum atomic E-state index is 2.51. The Kier molecular flexibility index (Phi) is 10.3. The second kappa shape index (κ2) is 17.5. The quantitative estimate of drug-likeness (QED) is 0.153. The van der Waals surface area contributed by atoms with E-state index in [1.165, 1.54) is 133 Å². The van der Waals surface area contributed by atoms with Gasteiger partial charge in [0.1, 0.15) is 0 Å². The molecule has 370 valence electrons. The van der Waals surface area contributed by atoms with Crippen molar-refractivity contribution in [3.8, 4) is 44.5 Å². The summed E-state index contributed by atoms with van der Waals surface area (Å²) in [5.41, 5.74) is 21.6. The zero-order chi connectivity index (χ0) is 52.3. The van der Waals surface area contributed by atoms with Gasteiger partial charge < -0.3 is 9.80 Å². The van der Waals surface area contributed by atoms with Gasteiger partial charge in [0.2, 0.25) is 0 Å². The van der Waals surface area contributed by atoms with Gasteiger partial charge in [0.05, 0.1) is 22.7 Å². The highest BCUT2D eigenvalue weighted by Crippen LogP contribution is 2.56. The Morgan fingerprint density at radius 3 is 0.962 bits per heavy atom. The van der Waals surface area contributed by atoms with Crippen molar-refractivity contribution in [2.75, 3.05) is 9.80 Å². The average molecular weight is 997 g/mol. The molecule has 0 saturated heterocycles. The maximum Gasteiger partial charge on any atom is 0.0502 e. The van der Waals surface area contributed by atoms with Crippen molar-refractivity contribution in [1.82, 2.24) is 0 Å². The maximum absolute atomic E-state index is 2.51. The van der Waals surface area contributed by atoms with E-state index in [0.29, 0.717) is 0 Å². The van der Waals surface area contributed by atoms with E-state index in [2.05, 4.69) is 304 Å². The van der Waals surface area contributed by atoms with Crippen molar-refractivity contribution in [3.63, 3.8) is 0 Å². The number of nitrogens with zero attached hydrogens (tertiary/aromatic N) is 2. The van der Waals surface area contributed by atoms with E-state index in [-0.39, 0.29) is 10.8 Å². The van der Waals surface area contributed by atoms with Gasteiger partial charge in [0, 0.05) is 22.2 Å². The number of anilines is 6. The summed E-state index contributed by atoms with van der Waals surface area (Å²) in [5, 5.41) is 9.75. The van der Waals surface area contributed by atoms with Crippen molar-refractivity contribution in [2.24, 2.45) is 0 Å². The summed E-state index contributed by atoms with van der Waals surface area (Å²) < 4.78 is 0. The number of fused-ring (bicyclic) bond motifs is 8. The SMILES string of the molecule is CC1(C)c2ccccc2N(c2ccc3c(-c4cccc(-c5cccc6ccccc56)c4)c4cc(N5c6ccccc6C(C)(C)c6ccccc65)ccc4c(-c4cccc(-c5cccc6ccccc56)c4)c3c2)c2ccccc21. The third-order valence-corrected chi connectivity index (χ3v) is 17.4. The molecule has 0 saturated carbocycles. The number of hydrogen-bond donors (Lipinski definition) is 0. The van der Waals surface area contributed by atoms with Crippen LogP contribution < -0.4 is 9.80 Å². The van der Waals surface area contributed by atoms with Crippen molar-refractivity contribution >= 4 is 77.2 Å². The number of hydrogen-bond acceptors (Lipinski definition) is 2. The van der Waals surface area contributed by atoms with Gasteiger partial charge in [0.15, 0.2) is 0 Å². The highest BCUT2D eigenvalue weighted by molar-refractivity contribution is 6.23. The summed E-state index contributed by atoms with van der Waals surface area (Å²) in [4.78, 5) is 5.01. The summed E-state index contributed by atoms with van der Waals surface area (Å²) >= 11 is 0. The topological polar surface area (TPSA) is 6.48 Å². The lowest BCUT2D eigenvalue weighted by atomic mass is 9.73. The predicted molar refractivity (Wildman–Crippen MR) is 332 cm³/mol. The van der Waals surface area contributed by atoms with Crippen LogP contribution in [0.1, 0.15) is 49.9 Å². The molecule has 0 radical (unpaired) electrons. The van der Waals surface area contributed by atoms with E-state index in [0.717, 1.165) is 11.4 Å². The van der Waals surface area contributed by atoms with Crippen molar-refractivity contribution in [2.45, 2.75) is 38.5 Å². The van der Waals surface area contributed by atoms with Crippen LogP contribution in [0.15, 0.2) is 267 Å². The molecule has 0 aliphatic carbocycles. The second-order valence-corrected chi connectivity index (χ2v) is 22.4. The van der Waals surface area contributed by atoms with Gasteiger partial charge in [-0.15, -0.1) is 0 Å². The molecule has 0 amide bonds. The van der Waals surface area contributed by atoms with Gasteiger partial charge >= 0.3 is 0 Å². The molecule has 0 bridgehead atoms. The Morgan fingerprint density at radius 2 is 0.564 bits per heavy atom. The molecule has 15 rings (SSSR count). The number of benzene rings is 13. The van der Waals surface area contributed by atoms with Crippen LogP contribution >= 0.6 is 0 Å². The highest BCUT2D eigenvalue weighted by Gasteiger charge is 2.38. The predicted octanol–water partition coefficient (Wildman–Crippen LogP) is 21.2. The molecule has 2 heterocycles. The van der Waals surface area contributed by atoms with E-state index in [1.54, 1.807) is 0 Å². The molecule has 13 aromatic rings. The largest absolute Gasteiger partial charge is 0.310 e. The minimum Gasteiger partial charge on any atom is -0.310 e. The van der Waals surface area contributed by atoms with Gasteiger partial charge in [-0.1, -0.05) is 234 Å². The van der Waals surface area contributed by atoms with Crippen LogP contribution in [0.5, 0.6) is 0 Å². The first kappa shape index (κ1) is 45.9. The van der Waals surface area contributed by atoms with E-state index in [4.69, 9.17) is 0 Å². The van der Waals surface area contributed by atoms with Crippen LogP contribution in [-0.4, -0.2) is 0 Å². The van der Waals surface area contributed by atoms with Crippen molar-refractivity contribution < 1.29 is 0 Å². The van der Waals surface area contributed by atoms with Crippen LogP contribution in [0, 0.1) is 0 Å². The fraction of sp³-hybridized carbons (Fsp3) is 0.0789. The first-order valence-electron chi connectivity index (χ1n) is 27.4. The molecule has 0 unspecified atom stereocenters. The molecule has 78 heavy (non-hydrogen) atoms. The van der Waals surface area contributed by atoms with E-state index in [9.17, 15) is 0 Å². The molecule has 2 aliphatic heterocycles. The minimum absolute atomic E-state index is 0.185.